The van der Waals surface area contributed by atoms with Crippen molar-refractivity contribution in [2.24, 2.45) is 0 Å². The molecule has 4 heteroatoms. The molecule has 0 radical (unpaired) electrons. The predicted molar refractivity (Wildman–Crippen MR) is 48.2 cm³/mol. The topological polar surface area (TPSA) is 77.8 Å². The summed E-state index contributed by atoms with van der Waals surface area (Å²) in [5.74, 6) is 0.0683. The minimum absolute atomic E-state index is 0.0683. The minimum Gasteiger partial charge on any atom is -0.391 e. The molecule has 0 unspecified atom stereocenters. The molecule has 78 valence electrons. The maximum atomic E-state index is 10.5. The van der Waals surface area contributed by atoms with Gasteiger partial charge in [0.25, 0.3) is 0 Å². The molecule has 0 amide bonds. The third-order valence-electron chi connectivity index (χ3n) is 1.92. The second-order valence-corrected chi connectivity index (χ2v) is 3.39. The van der Waals surface area contributed by atoms with Crippen molar-refractivity contribution in [3.8, 4) is 0 Å². The monoisotopic (exact) mass is 190 g/mol. The zero-order chi connectivity index (χ0) is 10.4. The van der Waals surface area contributed by atoms with Crippen LogP contribution in [-0.4, -0.2) is 39.4 Å². The molecule has 0 aliphatic heterocycles. The lowest BCUT2D eigenvalue weighted by Crippen LogP contribution is -2.35. The molecular weight excluding hydrogens is 172 g/mol. The van der Waals surface area contributed by atoms with Gasteiger partial charge in [-0.2, -0.15) is 0 Å². The molecule has 4 nitrogen and oxygen atoms in total. The summed E-state index contributed by atoms with van der Waals surface area (Å²) < 4.78 is 0. The molecule has 0 saturated heterocycles. The first-order chi connectivity index (χ1) is 5.95. The number of aliphatic hydroxyl groups excluding tert-OH is 3. The number of ketones is 1. The third-order valence-corrected chi connectivity index (χ3v) is 1.92. The Hall–Kier alpha value is -0.450. The molecular formula is C9H18O4. The second-order valence-electron chi connectivity index (χ2n) is 3.39. The van der Waals surface area contributed by atoms with Crippen LogP contribution in [0.1, 0.15) is 33.1 Å². The van der Waals surface area contributed by atoms with E-state index < -0.39 is 18.3 Å². The van der Waals surface area contributed by atoms with Gasteiger partial charge in [-0.3, -0.25) is 0 Å². The fraction of sp³-hybridized carbons (Fsp3) is 0.889. The standard InChI is InChI=1S/C9H18O4/c1-6(10)4-3-5-8(12)9(13)7(2)11/h7-9,11-13H,3-5H2,1-2H3/t7-,8+,9-/m0/s1. The van der Waals surface area contributed by atoms with E-state index in [0.29, 0.717) is 19.3 Å². The Balaban J connectivity index is 3.61. The Bertz CT molecular complexity index is 156. The Labute approximate surface area is 78.2 Å². The first-order valence-corrected chi connectivity index (χ1v) is 4.48. The van der Waals surface area contributed by atoms with Crippen LogP contribution in [0.3, 0.4) is 0 Å². The normalized spacial score (nSPS) is 17.9. The molecule has 0 aliphatic carbocycles. The number of rotatable bonds is 6. The van der Waals surface area contributed by atoms with Crippen molar-refractivity contribution in [3.63, 3.8) is 0 Å². The summed E-state index contributed by atoms with van der Waals surface area (Å²) in [6.45, 7) is 2.90. The van der Waals surface area contributed by atoms with Gasteiger partial charge in [0.15, 0.2) is 0 Å². The van der Waals surface area contributed by atoms with Gasteiger partial charge < -0.3 is 20.1 Å². The van der Waals surface area contributed by atoms with Crippen LogP contribution in [0.4, 0.5) is 0 Å². The van der Waals surface area contributed by atoms with Crippen molar-refractivity contribution in [1.82, 2.24) is 0 Å². The van der Waals surface area contributed by atoms with E-state index >= 15 is 0 Å². The maximum absolute atomic E-state index is 10.5. The first-order valence-electron chi connectivity index (χ1n) is 4.48. The molecule has 0 heterocycles. The van der Waals surface area contributed by atoms with E-state index in [2.05, 4.69) is 0 Å². The van der Waals surface area contributed by atoms with E-state index in [1.165, 1.54) is 13.8 Å². The van der Waals surface area contributed by atoms with Gasteiger partial charge in [0, 0.05) is 6.42 Å². The van der Waals surface area contributed by atoms with Crippen molar-refractivity contribution < 1.29 is 20.1 Å². The van der Waals surface area contributed by atoms with E-state index in [1.54, 1.807) is 0 Å². The van der Waals surface area contributed by atoms with Gasteiger partial charge in [-0.25, -0.2) is 0 Å². The van der Waals surface area contributed by atoms with Crippen LogP contribution in [0.15, 0.2) is 0 Å². The molecule has 0 rings (SSSR count). The minimum atomic E-state index is -1.12. The molecule has 0 aromatic carbocycles. The van der Waals surface area contributed by atoms with Crippen molar-refractivity contribution in [2.45, 2.75) is 51.4 Å². The Kier molecular flexibility index (Phi) is 5.86. The Morgan fingerprint density at radius 2 is 1.85 bits per heavy atom. The average Bonchev–Trinajstić information content (AvgIpc) is 2.02. The first kappa shape index (κ1) is 12.6. The van der Waals surface area contributed by atoms with Gasteiger partial charge in [0.05, 0.1) is 12.2 Å². The largest absolute Gasteiger partial charge is 0.391 e. The van der Waals surface area contributed by atoms with E-state index in [4.69, 9.17) is 5.11 Å². The molecule has 0 aliphatic rings. The summed E-state index contributed by atoms with van der Waals surface area (Å²) in [4.78, 5) is 10.5. The molecule has 0 saturated carbocycles. The van der Waals surface area contributed by atoms with Crippen LogP contribution >= 0.6 is 0 Å². The van der Waals surface area contributed by atoms with E-state index in [-0.39, 0.29) is 5.78 Å². The number of hydrogen-bond donors (Lipinski definition) is 3. The highest BCUT2D eigenvalue weighted by Gasteiger charge is 2.20. The van der Waals surface area contributed by atoms with E-state index in [0.717, 1.165) is 0 Å². The summed E-state index contributed by atoms with van der Waals surface area (Å²) >= 11 is 0. The summed E-state index contributed by atoms with van der Waals surface area (Å²) in [6.07, 6.45) is -1.71. The van der Waals surface area contributed by atoms with E-state index in [9.17, 15) is 15.0 Å². The zero-order valence-corrected chi connectivity index (χ0v) is 8.10. The molecule has 0 aromatic heterocycles. The molecule has 0 spiro atoms. The number of Topliss-reactive ketones (excluding diaryl/α,β-unsaturated/α-hetero) is 1. The summed E-state index contributed by atoms with van der Waals surface area (Å²) in [5, 5.41) is 27.4. The van der Waals surface area contributed by atoms with Gasteiger partial charge in [0.1, 0.15) is 11.9 Å². The summed E-state index contributed by atoms with van der Waals surface area (Å²) in [7, 11) is 0. The highest BCUT2D eigenvalue weighted by atomic mass is 16.4. The second kappa shape index (κ2) is 6.07. The van der Waals surface area contributed by atoms with Crippen LogP contribution in [0.5, 0.6) is 0 Å². The van der Waals surface area contributed by atoms with Crippen LogP contribution in [-0.2, 0) is 4.79 Å². The molecule has 0 aromatic rings. The van der Waals surface area contributed by atoms with Crippen molar-refractivity contribution in [2.75, 3.05) is 0 Å². The molecule has 3 N–H and O–H groups in total. The molecule has 0 bridgehead atoms. The fourth-order valence-electron chi connectivity index (χ4n) is 1.05. The molecule has 3 atom stereocenters. The zero-order valence-electron chi connectivity index (χ0n) is 8.10. The van der Waals surface area contributed by atoms with Gasteiger partial charge in [-0.1, -0.05) is 0 Å². The predicted octanol–water partition coefficient (Wildman–Crippen LogP) is -0.152. The summed E-state index contributed by atoms with van der Waals surface area (Å²) in [6, 6.07) is 0. The van der Waals surface area contributed by atoms with Gasteiger partial charge in [-0.05, 0) is 26.7 Å². The number of aliphatic hydroxyl groups is 3. The van der Waals surface area contributed by atoms with Crippen molar-refractivity contribution in [3.05, 3.63) is 0 Å². The highest BCUT2D eigenvalue weighted by Crippen LogP contribution is 2.08. The van der Waals surface area contributed by atoms with Crippen LogP contribution in [0, 0.1) is 0 Å². The van der Waals surface area contributed by atoms with Crippen molar-refractivity contribution in [1.29, 1.82) is 0 Å². The van der Waals surface area contributed by atoms with Crippen molar-refractivity contribution >= 4 is 5.78 Å². The smallest absolute Gasteiger partial charge is 0.129 e. The van der Waals surface area contributed by atoms with Crippen LogP contribution < -0.4 is 0 Å². The van der Waals surface area contributed by atoms with Gasteiger partial charge >= 0.3 is 0 Å². The maximum Gasteiger partial charge on any atom is 0.129 e. The molecule has 13 heavy (non-hydrogen) atoms. The average molecular weight is 190 g/mol. The lowest BCUT2D eigenvalue weighted by molar-refractivity contribution is -0.117. The lowest BCUT2D eigenvalue weighted by atomic mass is 10.0. The van der Waals surface area contributed by atoms with Gasteiger partial charge in [0.2, 0.25) is 0 Å². The Morgan fingerprint density at radius 1 is 1.31 bits per heavy atom. The number of hydrogen-bond acceptors (Lipinski definition) is 4. The van der Waals surface area contributed by atoms with Crippen LogP contribution in [0.2, 0.25) is 0 Å². The Morgan fingerprint density at radius 3 is 2.23 bits per heavy atom. The SMILES string of the molecule is CC(=O)CCC[C@@H](O)[C@@H](O)[C@H](C)O. The fourth-order valence-corrected chi connectivity index (χ4v) is 1.05. The van der Waals surface area contributed by atoms with E-state index in [1.807, 2.05) is 0 Å². The lowest BCUT2D eigenvalue weighted by Gasteiger charge is -2.19. The third kappa shape index (κ3) is 5.74. The number of carbonyl (C=O) groups is 1. The highest BCUT2D eigenvalue weighted by molar-refractivity contribution is 5.75. The molecule has 0 fully saturated rings. The summed E-state index contributed by atoms with van der Waals surface area (Å²) in [5.41, 5.74) is 0. The van der Waals surface area contributed by atoms with Crippen LogP contribution in [0.25, 0.3) is 0 Å². The van der Waals surface area contributed by atoms with Gasteiger partial charge in [-0.15, -0.1) is 0 Å². The number of carbonyl (C=O) groups excluding carboxylic acids is 1. The quantitative estimate of drug-likeness (QED) is 0.544.